The highest BCUT2D eigenvalue weighted by Gasteiger charge is 2.23. The zero-order chi connectivity index (χ0) is 48.8. The van der Waals surface area contributed by atoms with E-state index in [2.05, 4.69) is 99.0 Å². The molecule has 3 unspecified atom stereocenters. The van der Waals surface area contributed by atoms with Crippen LogP contribution in [0.15, 0.2) is 134 Å². The van der Waals surface area contributed by atoms with Gasteiger partial charge in [-0.05, 0) is 76.7 Å². The summed E-state index contributed by atoms with van der Waals surface area (Å²) in [4.78, 5) is 26.1. The molecule has 0 radical (unpaired) electrons. The molecule has 0 aliphatic rings. The van der Waals surface area contributed by atoms with Crippen LogP contribution in [0.4, 0.5) is 0 Å². The first kappa shape index (κ1) is 63.0. The molecule has 0 aliphatic carbocycles. The number of rotatable bonds is 46. The largest absolute Gasteiger partial charge is 0.458 e. The van der Waals surface area contributed by atoms with E-state index in [0.717, 1.165) is 77.0 Å². The molecule has 0 bridgehead atoms. The van der Waals surface area contributed by atoms with E-state index in [0.29, 0.717) is 19.3 Å². The Hall–Kier alpha value is -4.00. The van der Waals surface area contributed by atoms with E-state index >= 15 is 0 Å². The molecule has 6 heteroatoms. The number of aliphatic hydroxyl groups is 2. The van der Waals surface area contributed by atoms with Gasteiger partial charge in [-0.1, -0.05) is 258 Å². The van der Waals surface area contributed by atoms with Crippen LogP contribution in [0, 0.1) is 0 Å². The summed E-state index contributed by atoms with van der Waals surface area (Å²) < 4.78 is 5.81. The Bertz CT molecular complexity index is 1460. The van der Waals surface area contributed by atoms with Crippen molar-refractivity contribution in [2.45, 2.75) is 232 Å². The smallest absolute Gasteiger partial charge is 0.306 e. The van der Waals surface area contributed by atoms with Crippen molar-refractivity contribution in [1.29, 1.82) is 0 Å². The second-order valence-corrected chi connectivity index (χ2v) is 17.6. The van der Waals surface area contributed by atoms with Crippen LogP contribution in [0.1, 0.15) is 213 Å². The molecule has 0 heterocycles. The summed E-state index contributed by atoms with van der Waals surface area (Å²) in [5.41, 5.74) is 0. The number of carbonyl (C=O) groups excluding carboxylic acids is 2. The molecule has 3 N–H and O–H groups in total. The molecule has 0 aromatic heterocycles. The van der Waals surface area contributed by atoms with Gasteiger partial charge in [0.15, 0.2) is 0 Å². The summed E-state index contributed by atoms with van der Waals surface area (Å²) in [7, 11) is 0. The highest BCUT2D eigenvalue weighted by atomic mass is 16.5. The molecule has 0 aliphatic heterocycles. The maximum atomic E-state index is 13.2. The van der Waals surface area contributed by atoms with Crippen LogP contribution in [0.25, 0.3) is 0 Å². The first-order valence-electron chi connectivity index (χ1n) is 27.0. The number of allylic oxidation sites excluding steroid dienone is 21. The number of ether oxygens (including phenoxy) is 1. The maximum Gasteiger partial charge on any atom is 0.306 e. The van der Waals surface area contributed by atoms with Crippen LogP contribution in [0.3, 0.4) is 0 Å². The number of aliphatic hydroxyl groups excluding tert-OH is 2. The van der Waals surface area contributed by atoms with Crippen molar-refractivity contribution in [3.05, 3.63) is 134 Å². The van der Waals surface area contributed by atoms with Crippen LogP contribution in [0.2, 0.25) is 0 Å². The van der Waals surface area contributed by atoms with Gasteiger partial charge in [-0.15, -0.1) is 0 Å². The Kier molecular flexibility index (Phi) is 49.8. The summed E-state index contributed by atoms with van der Waals surface area (Å²) in [6.07, 6.45) is 75.4. The highest BCUT2D eigenvalue weighted by molar-refractivity contribution is 5.78. The topological polar surface area (TPSA) is 95.9 Å². The third-order valence-electron chi connectivity index (χ3n) is 11.3. The fraction of sp³-hybridized carbons (Fsp3) is 0.607. The first-order valence-corrected chi connectivity index (χ1v) is 27.0. The second-order valence-electron chi connectivity index (χ2n) is 17.6. The lowest BCUT2D eigenvalue weighted by molar-refractivity contribution is -0.148. The molecule has 0 saturated heterocycles. The van der Waals surface area contributed by atoms with E-state index in [-0.39, 0.29) is 31.3 Å². The second kappa shape index (κ2) is 53.0. The lowest BCUT2D eigenvalue weighted by Crippen LogP contribution is -2.46. The number of carbonyl (C=O) groups is 2. The average molecular weight is 926 g/mol. The van der Waals surface area contributed by atoms with Gasteiger partial charge >= 0.3 is 5.97 Å². The summed E-state index contributed by atoms with van der Waals surface area (Å²) in [6, 6.07) is -0.762. The predicted octanol–water partition coefficient (Wildman–Crippen LogP) is 16.6. The molecule has 67 heavy (non-hydrogen) atoms. The van der Waals surface area contributed by atoms with Gasteiger partial charge in [0, 0.05) is 6.42 Å². The SMILES string of the molecule is CC/C=C\C/C=C\C/C=C\C/C=C\C/C=C\C/C=C\C(CC(=O)NC(CO)C(O)CCCCCCCCCCCCCCCCCC)OC(=O)CCCCC/C=C/C=C\C=C/C=C/C=C/CC. The zero-order valence-electron chi connectivity index (χ0n) is 43.0. The van der Waals surface area contributed by atoms with E-state index < -0.39 is 18.2 Å². The Labute approximate surface area is 412 Å². The first-order chi connectivity index (χ1) is 33.0. The van der Waals surface area contributed by atoms with Crippen molar-refractivity contribution in [1.82, 2.24) is 5.32 Å². The lowest BCUT2D eigenvalue weighted by atomic mass is 10.0. The summed E-state index contributed by atoms with van der Waals surface area (Å²) in [6.45, 7) is 6.18. The van der Waals surface area contributed by atoms with Gasteiger partial charge in [0.2, 0.25) is 5.91 Å². The van der Waals surface area contributed by atoms with E-state index in [1.54, 1.807) is 6.08 Å². The quantitative estimate of drug-likeness (QED) is 0.0245. The number of nitrogens with one attached hydrogen (secondary N) is 1. The summed E-state index contributed by atoms with van der Waals surface area (Å²) >= 11 is 0. The standard InChI is InChI=1S/C61H99NO5/c1-4-7-10-13-16-19-22-25-28-30-32-34-37-40-43-46-49-52-57(67-61(66)54-51-48-45-42-39-36-31-27-24-21-18-15-12-9-6-3)55-60(65)62-58(56-63)59(64)53-50-47-44-41-38-35-33-29-26-23-20-17-14-11-8-5-2/h7,9-10,12,15-16,18-19,21,24-25,27-28,31-32,34,36,39-40,43,49,52,57-59,63-64H,4-6,8,11,13-14,17,20,22-23,26,29-30,33,35,37-38,41-42,44-48,50-51,53-56H2,1-3H3,(H,62,65)/b10-7-,12-9+,18-15+,19-16-,24-21-,28-25-,31-27-,34-32-,39-36+,43-40-,52-49-. The third-order valence-corrected chi connectivity index (χ3v) is 11.3. The van der Waals surface area contributed by atoms with Crippen molar-refractivity contribution in [3.63, 3.8) is 0 Å². The van der Waals surface area contributed by atoms with Crippen LogP contribution in [-0.4, -0.2) is 46.9 Å². The van der Waals surface area contributed by atoms with Crippen molar-refractivity contribution in [2.24, 2.45) is 0 Å². The predicted molar refractivity (Wildman–Crippen MR) is 291 cm³/mol. The minimum absolute atomic E-state index is 0.0735. The van der Waals surface area contributed by atoms with Gasteiger partial charge in [0.1, 0.15) is 6.10 Å². The van der Waals surface area contributed by atoms with Crippen molar-refractivity contribution in [2.75, 3.05) is 6.61 Å². The molecule has 0 rings (SSSR count). The van der Waals surface area contributed by atoms with Crippen LogP contribution in [-0.2, 0) is 14.3 Å². The average Bonchev–Trinajstić information content (AvgIpc) is 3.32. The van der Waals surface area contributed by atoms with E-state index in [9.17, 15) is 19.8 Å². The van der Waals surface area contributed by atoms with Gasteiger partial charge < -0.3 is 20.3 Å². The minimum atomic E-state index is -0.837. The molecule has 0 aromatic rings. The fourth-order valence-corrected chi connectivity index (χ4v) is 7.33. The number of hydrogen-bond acceptors (Lipinski definition) is 5. The number of esters is 1. The van der Waals surface area contributed by atoms with E-state index in [1.807, 2.05) is 54.7 Å². The Morgan fingerprint density at radius 1 is 0.478 bits per heavy atom. The summed E-state index contributed by atoms with van der Waals surface area (Å²) in [5, 5.41) is 23.8. The molecular formula is C61H99NO5. The van der Waals surface area contributed by atoms with Gasteiger partial charge in [0.25, 0.3) is 0 Å². The molecule has 378 valence electrons. The molecule has 3 atom stereocenters. The van der Waals surface area contributed by atoms with Gasteiger partial charge in [-0.2, -0.15) is 0 Å². The Balaban J connectivity index is 4.83. The van der Waals surface area contributed by atoms with Crippen LogP contribution >= 0.6 is 0 Å². The molecule has 0 spiro atoms. The number of unbranched alkanes of at least 4 members (excludes halogenated alkanes) is 18. The Morgan fingerprint density at radius 3 is 1.37 bits per heavy atom. The number of amides is 1. The Morgan fingerprint density at radius 2 is 0.896 bits per heavy atom. The van der Waals surface area contributed by atoms with Crippen LogP contribution in [0.5, 0.6) is 0 Å². The zero-order valence-corrected chi connectivity index (χ0v) is 43.0. The normalized spacial score (nSPS) is 14.3. The molecule has 6 nitrogen and oxygen atoms in total. The minimum Gasteiger partial charge on any atom is -0.458 e. The highest BCUT2D eigenvalue weighted by Crippen LogP contribution is 2.16. The van der Waals surface area contributed by atoms with E-state index in [4.69, 9.17) is 4.74 Å². The van der Waals surface area contributed by atoms with Gasteiger partial charge in [-0.25, -0.2) is 0 Å². The maximum absolute atomic E-state index is 13.2. The molecule has 0 aromatic carbocycles. The van der Waals surface area contributed by atoms with Crippen molar-refractivity contribution >= 4 is 11.9 Å². The molecule has 0 fully saturated rings. The summed E-state index contributed by atoms with van der Waals surface area (Å²) in [5.74, 6) is -0.691. The molecule has 1 amide bonds. The molecule has 0 saturated carbocycles. The molecular weight excluding hydrogens is 827 g/mol. The lowest BCUT2D eigenvalue weighted by Gasteiger charge is -2.23. The van der Waals surface area contributed by atoms with E-state index in [1.165, 1.54) is 83.5 Å². The van der Waals surface area contributed by atoms with Crippen molar-refractivity contribution in [3.8, 4) is 0 Å². The van der Waals surface area contributed by atoms with Gasteiger partial charge in [0.05, 0.1) is 25.2 Å². The monoisotopic (exact) mass is 926 g/mol. The van der Waals surface area contributed by atoms with Crippen molar-refractivity contribution < 1.29 is 24.5 Å². The van der Waals surface area contributed by atoms with Gasteiger partial charge in [-0.3, -0.25) is 9.59 Å². The van der Waals surface area contributed by atoms with Crippen LogP contribution < -0.4 is 5.32 Å². The fourth-order valence-electron chi connectivity index (χ4n) is 7.33. The number of hydrogen-bond donors (Lipinski definition) is 3. The third kappa shape index (κ3) is 48.3.